The number of hydrogen-bond acceptors (Lipinski definition) is 3. The van der Waals surface area contributed by atoms with Gasteiger partial charge >= 0.3 is 0 Å². The first-order chi connectivity index (χ1) is 8.68. The number of nitrogens with one attached hydrogen (secondary N) is 1. The summed E-state index contributed by atoms with van der Waals surface area (Å²) in [4.78, 5) is 12.3. The quantitative estimate of drug-likeness (QED) is 0.784. The predicted octanol–water partition coefficient (Wildman–Crippen LogP) is 1.61. The van der Waals surface area contributed by atoms with Crippen molar-refractivity contribution in [2.75, 3.05) is 13.2 Å². The normalized spacial score (nSPS) is 30.6. The molecule has 18 heavy (non-hydrogen) atoms. The monoisotopic (exact) mass is 255 g/mol. The molecule has 2 aliphatic rings. The second-order valence-corrected chi connectivity index (χ2v) is 5.60. The number of rotatable bonds is 5. The molecule has 2 fully saturated rings. The molecule has 0 aromatic heterocycles. The van der Waals surface area contributed by atoms with Crippen LogP contribution in [0.3, 0.4) is 0 Å². The van der Waals surface area contributed by atoms with Gasteiger partial charge in [-0.15, -0.1) is 0 Å². The fourth-order valence-corrected chi connectivity index (χ4v) is 3.30. The number of ether oxygens (including phenoxy) is 1. The van der Waals surface area contributed by atoms with Gasteiger partial charge in [0.05, 0.1) is 6.10 Å². The van der Waals surface area contributed by atoms with Crippen LogP contribution in [-0.4, -0.2) is 35.9 Å². The SMILES string of the molecule is CCOC1(C(=O)NC[C@H]2CCC[C@@H]2O)CCCC1. The largest absolute Gasteiger partial charge is 0.393 e. The lowest BCUT2D eigenvalue weighted by molar-refractivity contribution is -0.146. The Kier molecular flexibility index (Phi) is 4.62. The number of amides is 1. The van der Waals surface area contributed by atoms with Crippen molar-refractivity contribution >= 4 is 5.91 Å². The minimum atomic E-state index is -0.585. The Labute approximate surface area is 109 Å². The van der Waals surface area contributed by atoms with Gasteiger partial charge in [-0.2, -0.15) is 0 Å². The molecule has 104 valence electrons. The van der Waals surface area contributed by atoms with Crippen molar-refractivity contribution in [1.82, 2.24) is 5.32 Å². The number of carbonyl (C=O) groups is 1. The second kappa shape index (κ2) is 6.02. The van der Waals surface area contributed by atoms with Crippen molar-refractivity contribution in [2.45, 2.75) is 63.6 Å². The minimum absolute atomic E-state index is 0.0287. The molecule has 2 saturated carbocycles. The smallest absolute Gasteiger partial charge is 0.252 e. The first kappa shape index (κ1) is 13.8. The van der Waals surface area contributed by atoms with Gasteiger partial charge in [-0.3, -0.25) is 4.79 Å². The zero-order valence-electron chi connectivity index (χ0n) is 11.3. The van der Waals surface area contributed by atoms with Crippen LogP contribution in [0.5, 0.6) is 0 Å². The van der Waals surface area contributed by atoms with Crippen molar-refractivity contribution in [3.63, 3.8) is 0 Å². The molecule has 2 N–H and O–H groups in total. The number of aliphatic hydroxyl groups is 1. The van der Waals surface area contributed by atoms with Crippen molar-refractivity contribution in [3.05, 3.63) is 0 Å². The fourth-order valence-electron chi connectivity index (χ4n) is 3.30. The molecule has 2 rings (SSSR count). The van der Waals surface area contributed by atoms with Crippen LogP contribution in [0.15, 0.2) is 0 Å². The Morgan fingerprint density at radius 2 is 2.06 bits per heavy atom. The van der Waals surface area contributed by atoms with Crippen LogP contribution in [0.1, 0.15) is 51.9 Å². The fraction of sp³-hybridized carbons (Fsp3) is 0.929. The molecule has 0 heterocycles. The van der Waals surface area contributed by atoms with E-state index < -0.39 is 5.60 Å². The molecule has 0 saturated heterocycles. The average Bonchev–Trinajstić information content (AvgIpc) is 2.97. The van der Waals surface area contributed by atoms with Crippen LogP contribution in [-0.2, 0) is 9.53 Å². The maximum atomic E-state index is 12.3. The molecule has 0 spiro atoms. The molecule has 4 nitrogen and oxygen atoms in total. The Balaban J connectivity index is 1.85. The van der Waals surface area contributed by atoms with Gasteiger partial charge in [-0.05, 0) is 45.4 Å². The van der Waals surface area contributed by atoms with Crippen LogP contribution in [0.4, 0.5) is 0 Å². The summed E-state index contributed by atoms with van der Waals surface area (Å²) in [6.45, 7) is 3.11. The van der Waals surface area contributed by atoms with Crippen molar-refractivity contribution in [1.29, 1.82) is 0 Å². The summed E-state index contributed by atoms with van der Waals surface area (Å²) in [5.74, 6) is 0.259. The third-order valence-corrected chi connectivity index (χ3v) is 4.39. The maximum Gasteiger partial charge on any atom is 0.252 e. The summed E-state index contributed by atoms with van der Waals surface area (Å²) in [5.41, 5.74) is -0.585. The van der Waals surface area contributed by atoms with E-state index in [9.17, 15) is 9.90 Å². The number of hydrogen-bond donors (Lipinski definition) is 2. The second-order valence-electron chi connectivity index (χ2n) is 5.60. The van der Waals surface area contributed by atoms with E-state index in [1.807, 2.05) is 6.92 Å². The van der Waals surface area contributed by atoms with Crippen LogP contribution in [0.25, 0.3) is 0 Å². The Bertz CT molecular complexity index is 287. The first-order valence-corrected chi connectivity index (χ1v) is 7.28. The average molecular weight is 255 g/mol. The highest BCUT2D eigenvalue weighted by Crippen LogP contribution is 2.33. The summed E-state index contributed by atoms with van der Waals surface area (Å²) < 4.78 is 5.72. The van der Waals surface area contributed by atoms with Gasteiger partial charge < -0.3 is 15.2 Å². The lowest BCUT2D eigenvalue weighted by Crippen LogP contribution is -2.48. The van der Waals surface area contributed by atoms with Gasteiger partial charge in [0, 0.05) is 19.1 Å². The van der Waals surface area contributed by atoms with Gasteiger partial charge in [-0.1, -0.05) is 6.42 Å². The van der Waals surface area contributed by atoms with E-state index in [0.29, 0.717) is 13.2 Å². The zero-order valence-corrected chi connectivity index (χ0v) is 11.3. The van der Waals surface area contributed by atoms with Crippen LogP contribution in [0, 0.1) is 5.92 Å². The van der Waals surface area contributed by atoms with Crippen LogP contribution in [0.2, 0.25) is 0 Å². The highest BCUT2D eigenvalue weighted by Gasteiger charge is 2.42. The molecule has 0 aliphatic heterocycles. The summed E-state index contributed by atoms with van der Waals surface area (Å²) >= 11 is 0. The van der Waals surface area contributed by atoms with Crippen LogP contribution < -0.4 is 5.32 Å². The third kappa shape index (κ3) is 2.86. The number of carbonyl (C=O) groups excluding carboxylic acids is 1. The van der Waals surface area contributed by atoms with Gasteiger partial charge in [0.15, 0.2) is 0 Å². The topological polar surface area (TPSA) is 58.6 Å². The van der Waals surface area contributed by atoms with Gasteiger partial charge in [0.25, 0.3) is 5.91 Å². The lowest BCUT2D eigenvalue weighted by Gasteiger charge is -2.28. The summed E-state index contributed by atoms with van der Waals surface area (Å²) in [6.07, 6.45) is 6.52. The maximum absolute atomic E-state index is 12.3. The van der Waals surface area contributed by atoms with Gasteiger partial charge in [-0.25, -0.2) is 0 Å². The third-order valence-electron chi connectivity index (χ3n) is 4.39. The minimum Gasteiger partial charge on any atom is -0.393 e. The van der Waals surface area contributed by atoms with E-state index in [-0.39, 0.29) is 17.9 Å². The highest BCUT2D eigenvalue weighted by atomic mass is 16.5. The summed E-state index contributed by atoms with van der Waals surface area (Å²) in [7, 11) is 0. The molecule has 4 heteroatoms. The Hall–Kier alpha value is -0.610. The molecule has 2 atom stereocenters. The van der Waals surface area contributed by atoms with Crippen LogP contribution >= 0.6 is 0 Å². The lowest BCUT2D eigenvalue weighted by atomic mass is 9.99. The molecular weight excluding hydrogens is 230 g/mol. The molecule has 0 unspecified atom stereocenters. The molecule has 0 radical (unpaired) electrons. The Morgan fingerprint density at radius 3 is 2.61 bits per heavy atom. The molecule has 0 aromatic rings. The van der Waals surface area contributed by atoms with Crippen molar-refractivity contribution in [2.24, 2.45) is 5.92 Å². The highest BCUT2D eigenvalue weighted by molar-refractivity contribution is 5.85. The standard InChI is InChI=1S/C14H25NO3/c1-2-18-14(8-3-4-9-14)13(17)15-10-11-6-5-7-12(11)16/h11-12,16H,2-10H2,1H3,(H,15,17)/t11-,12+/m1/s1. The molecule has 1 amide bonds. The summed E-state index contributed by atoms with van der Waals surface area (Å²) in [6, 6.07) is 0. The Morgan fingerprint density at radius 1 is 1.33 bits per heavy atom. The van der Waals surface area contributed by atoms with E-state index in [1.54, 1.807) is 0 Å². The first-order valence-electron chi connectivity index (χ1n) is 7.28. The van der Waals surface area contributed by atoms with Gasteiger partial charge in [0.1, 0.15) is 5.60 Å². The molecule has 0 aromatic carbocycles. The van der Waals surface area contributed by atoms with E-state index in [1.165, 1.54) is 0 Å². The van der Waals surface area contributed by atoms with Crippen molar-refractivity contribution in [3.8, 4) is 0 Å². The zero-order chi connectivity index (χ0) is 13.0. The van der Waals surface area contributed by atoms with E-state index >= 15 is 0 Å². The molecule has 0 bridgehead atoms. The van der Waals surface area contributed by atoms with Crippen molar-refractivity contribution < 1.29 is 14.6 Å². The predicted molar refractivity (Wildman–Crippen MR) is 69.2 cm³/mol. The van der Waals surface area contributed by atoms with Gasteiger partial charge in [0.2, 0.25) is 0 Å². The summed E-state index contributed by atoms with van der Waals surface area (Å²) in [5, 5.41) is 12.8. The molecular formula is C14H25NO3. The van der Waals surface area contributed by atoms with E-state index in [4.69, 9.17) is 4.74 Å². The van der Waals surface area contributed by atoms with E-state index in [0.717, 1.165) is 44.9 Å². The number of aliphatic hydroxyl groups excluding tert-OH is 1. The molecule has 2 aliphatic carbocycles. The van der Waals surface area contributed by atoms with E-state index in [2.05, 4.69) is 5.32 Å².